The lowest BCUT2D eigenvalue weighted by atomic mass is 10.2. The third kappa shape index (κ3) is 7.21. The Labute approximate surface area is 61.6 Å². The van der Waals surface area contributed by atoms with Gasteiger partial charge >= 0.3 is 5.97 Å². The van der Waals surface area contributed by atoms with E-state index >= 15 is 0 Å². The second-order valence-corrected chi connectivity index (χ2v) is 2.19. The largest absolute Gasteiger partial charge is 0.481 e. The lowest BCUT2D eigenvalue weighted by molar-refractivity contribution is -0.136. The third-order valence-electron chi connectivity index (χ3n) is 1.15. The van der Waals surface area contributed by atoms with E-state index in [1.54, 1.807) is 0 Å². The molecule has 0 aliphatic heterocycles. The van der Waals surface area contributed by atoms with Crippen LogP contribution in [0, 0.1) is 0 Å². The van der Waals surface area contributed by atoms with Crippen LogP contribution in [0.3, 0.4) is 0 Å². The van der Waals surface area contributed by atoms with Crippen LogP contribution in [-0.4, -0.2) is 11.1 Å². The molecule has 0 aromatic rings. The first-order valence-electron chi connectivity index (χ1n) is 3.64. The molecule has 1 N–H and O–H groups in total. The quantitative estimate of drug-likeness (QED) is 0.597. The van der Waals surface area contributed by atoms with Crippen LogP contribution in [0.15, 0.2) is 12.2 Å². The smallest absolute Gasteiger partial charge is 0.303 e. The van der Waals surface area contributed by atoms with Crippen molar-refractivity contribution < 1.29 is 9.90 Å². The van der Waals surface area contributed by atoms with E-state index in [0.29, 0.717) is 6.42 Å². The molecule has 0 atom stereocenters. The molecular weight excluding hydrogens is 128 g/mol. The average molecular weight is 142 g/mol. The zero-order valence-electron chi connectivity index (χ0n) is 6.34. The van der Waals surface area contributed by atoms with Gasteiger partial charge in [0.05, 0.1) is 0 Å². The van der Waals surface area contributed by atoms with Crippen molar-refractivity contribution in [3.63, 3.8) is 0 Å². The number of carbonyl (C=O) groups is 1. The maximum Gasteiger partial charge on any atom is 0.303 e. The van der Waals surface area contributed by atoms with Crippen molar-refractivity contribution in [2.24, 2.45) is 0 Å². The first-order valence-corrected chi connectivity index (χ1v) is 3.64. The molecule has 0 aliphatic rings. The molecule has 0 aliphatic carbocycles. The highest BCUT2D eigenvalue weighted by molar-refractivity contribution is 5.66. The molecule has 0 saturated heterocycles. The maximum absolute atomic E-state index is 10.00. The minimum absolute atomic E-state index is 0.250. The number of aliphatic carboxylic acids is 1. The summed E-state index contributed by atoms with van der Waals surface area (Å²) in [5.74, 6) is -0.721. The average Bonchev–Trinajstić information content (AvgIpc) is 1.87. The second kappa shape index (κ2) is 6.33. The molecule has 10 heavy (non-hydrogen) atoms. The molecule has 2 nitrogen and oxygen atoms in total. The van der Waals surface area contributed by atoms with Crippen molar-refractivity contribution in [3.8, 4) is 0 Å². The van der Waals surface area contributed by atoms with Crippen LogP contribution in [-0.2, 0) is 4.79 Å². The van der Waals surface area contributed by atoms with Gasteiger partial charge in [0.1, 0.15) is 0 Å². The van der Waals surface area contributed by atoms with Gasteiger partial charge in [0.15, 0.2) is 0 Å². The topological polar surface area (TPSA) is 37.3 Å². The number of unbranched alkanes of at least 4 members (excludes halogenated alkanes) is 1. The normalized spacial score (nSPS) is 10.5. The summed E-state index contributed by atoms with van der Waals surface area (Å²) in [6, 6.07) is 0. The van der Waals surface area contributed by atoms with E-state index in [9.17, 15) is 4.79 Å². The summed E-state index contributed by atoms with van der Waals surface area (Å²) in [4.78, 5) is 10.00. The molecule has 0 saturated carbocycles. The molecule has 0 amide bonds. The minimum Gasteiger partial charge on any atom is -0.481 e. The van der Waals surface area contributed by atoms with E-state index in [0.717, 1.165) is 12.8 Å². The molecule has 2 heteroatoms. The van der Waals surface area contributed by atoms with Gasteiger partial charge in [0.25, 0.3) is 0 Å². The molecule has 0 unspecified atom stereocenters. The number of carboxylic acid groups (broad SMARTS) is 1. The van der Waals surface area contributed by atoms with Crippen molar-refractivity contribution in [1.29, 1.82) is 0 Å². The van der Waals surface area contributed by atoms with Crippen LogP contribution in [0.5, 0.6) is 0 Å². The molecule has 0 rings (SSSR count). The summed E-state index contributed by atoms with van der Waals surface area (Å²) >= 11 is 0. The Morgan fingerprint density at radius 2 is 2.00 bits per heavy atom. The van der Waals surface area contributed by atoms with E-state index < -0.39 is 5.97 Å². The van der Waals surface area contributed by atoms with Gasteiger partial charge in [-0.3, -0.25) is 4.79 Å². The van der Waals surface area contributed by atoms with Crippen LogP contribution in [0.2, 0.25) is 0 Å². The van der Waals surface area contributed by atoms with Gasteiger partial charge in [-0.1, -0.05) is 25.5 Å². The second-order valence-electron chi connectivity index (χ2n) is 2.19. The molecule has 0 radical (unpaired) electrons. The van der Waals surface area contributed by atoms with Crippen LogP contribution < -0.4 is 0 Å². The summed E-state index contributed by atoms with van der Waals surface area (Å²) < 4.78 is 0. The molecular formula is C8H14O2. The zero-order chi connectivity index (χ0) is 7.82. The van der Waals surface area contributed by atoms with Crippen molar-refractivity contribution in [1.82, 2.24) is 0 Å². The molecule has 0 aromatic heterocycles. The Hall–Kier alpha value is -0.790. The lowest BCUT2D eigenvalue weighted by Gasteiger charge is -1.86. The Morgan fingerprint density at radius 3 is 2.50 bits per heavy atom. The Bertz CT molecular complexity index is 116. The van der Waals surface area contributed by atoms with Gasteiger partial charge in [-0.05, 0) is 12.8 Å². The van der Waals surface area contributed by atoms with E-state index in [4.69, 9.17) is 5.11 Å². The fourth-order valence-corrected chi connectivity index (χ4v) is 0.609. The fraction of sp³-hybridized carbons (Fsp3) is 0.625. The molecule has 0 fully saturated rings. The van der Waals surface area contributed by atoms with Crippen molar-refractivity contribution in [3.05, 3.63) is 12.2 Å². The number of rotatable bonds is 5. The van der Waals surface area contributed by atoms with Crippen molar-refractivity contribution in [2.45, 2.75) is 32.6 Å². The Balaban J connectivity index is 3.10. The van der Waals surface area contributed by atoms with Gasteiger partial charge in [-0.2, -0.15) is 0 Å². The van der Waals surface area contributed by atoms with Gasteiger partial charge in [-0.25, -0.2) is 0 Å². The van der Waals surface area contributed by atoms with Gasteiger partial charge < -0.3 is 5.11 Å². The molecule has 0 bridgehead atoms. The van der Waals surface area contributed by atoms with E-state index in [1.807, 2.05) is 12.2 Å². The predicted molar refractivity (Wildman–Crippen MR) is 40.9 cm³/mol. The highest BCUT2D eigenvalue weighted by Crippen LogP contribution is 1.94. The highest BCUT2D eigenvalue weighted by Gasteiger charge is 1.90. The minimum atomic E-state index is -0.721. The van der Waals surface area contributed by atoms with Gasteiger partial charge in [0.2, 0.25) is 0 Å². The highest BCUT2D eigenvalue weighted by atomic mass is 16.4. The Kier molecular flexibility index (Phi) is 5.83. The molecule has 0 heterocycles. The fourth-order valence-electron chi connectivity index (χ4n) is 0.609. The van der Waals surface area contributed by atoms with Crippen molar-refractivity contribution >= 4 is 5.97 Å². The monoisotopic (exact) mass is 142 g/mol. The van der Waals surface area contributed by atoms with E-state index in [-0.39, 0.29) is 6.42 Å². The maximum atomic E-state index is 10.00. The van der Waals surface area contributed by atoms with Gasteiger partial charge in [-0.15, -0.1) is 0 Å². The zero-order valence-corrected chi connectivity index (χ0v) is 6.34. The van der Waals surface area contributed by atoms with Gasteiger partial charge in [0, 0.05) is 6.42 Å². The predicted octanol–water partition coefficient (Wildman–Crippen LogP) is 2.21. The van der Waals surface area contributed by atoms with Crippen LogP contribution in [0.25, 0.3) is 0 Å². The summed E-state index contributed by atoms with van der Waals surface area (Å²) in [5.41, 5.74) is 0. The van der Waals surface area contributed by atoms with Crippen LogP contribution in [0.1, 0.15) is 32.6 Å². The number of hydrogen-bond acceptors (Lipinski definition) is 1. The molecule has 58 valence electrons. The summed E-state index contributed by atoms with van der Waals surface area (Å²) in [6.07, 6.45) is 7.05. The standard InChI is InChI=1S/C8H14O2/c1-2-3-4-5-6-7-8(9)10/h4-5H,2-3,6-7H2,1H3,(H,9,10)/b5-4-. The molecule has 0 spiro atoms. The van der Waals surface area contributed by atoms with Crippen LogP contribution in [0.4, 0.5) is 0 Å². The number of hydrogen-bond donors (Lipinski definition) is 1. The van der Waals surface area contributed by atoms with Crippen LogP contribution >= 0.6 is 0 Å². The SMILES string of the molecule is CCC/C=C\CCC(=O)O. The first-order chi connectivity index (χ1) is 4.77. The van der Waals surface area contributed by atoms with E-state index in [1.165, 1.54) is 0 Å². The third-order valence-corrected chi connectivity index (χ3v) is 1.15. The van der Waals surface area contributed by atoms with Crippen molar-refractivity contribution in [2.75, 3.05) is 0 Å². The number of allylic oxidation sites excluding steroid dienone is 2. The van der Waals surface area contributed by atoms with E-state index in [2.05, 4.69) is 6.92 Å². The number of carboxylic acids is 1. The summed E-state index contributed by atoms with van der Waals surface area (Å²) in [7, 11) is 0. The summed E-state index contributed by atoms with van der Waals surface area (Å²) in [6.45, 7) is 2.10. The summed E-state index contributed by atoms with van der Waals surface area (Å²) in [5, 5.41) is 8.24. The molecule has 0 aromatic carbocycles. The Morgan fingerprint density at radius 1 is 1.40 bits per heavy atom. The lowest BCUT2D eigenvalue weighted by Crippen LogP contribution is -1.91. The first kappa shape index (κ1) is 9.21.